The zero-order valence-corrected chi connectivity index (χ0v) is 27.5. The lowest BCUT2D eigenvalue weighted by Crippen LogP contribution is -2.54. The molecule has 0 aromatic heterocycles. The summed E-state index contributed by atoms with van der Waals surface area (Å²) in [5.41, 5.74) is 3.67. The van der Waals surface area contributed by atoms with Crippen molar-refractivity contribution in [2.24, 2.45) is 0 Å². The maximum atomic E-state index is 13.9. The van der Waals surface area contributed by atoms with Gasteiger partial charge >= 0.3 is 5.97 Å². The maximum Gasteiger partial charge on any atom is 0.339 e. The number of fused-ring (bicyclic) bond motifs is 1. The van der Waals surface area contributed by atoms with E-state index in [1.165, 1.54) is 11.2 Å². The van der Waals surface area contributed by atoms with Crippen molar-refractivity contribution in [1.82, 2.24) is 4.31 Å². The van der Waals surface area contributed by atoms with E-state index in [9.17, 15) is 13.2 Å². The molecule has 0 saturated carbocycles. The lowest BCUT2D eigenvalue weighted by molar-refractivity contribution is -0.309. The summed E-state index contributed by atoms with van der Waals surface area (Å²) in [6.45, 7) is 6.22. The molecule has 2 aliphatic heterocycles. The lowest BCUT2D eigenvalue weighted by atomic mass is 9.85. The highest BCUT2D eigenvalue weighted by Gasteiger charge is 2.45. The van der Waals surface area contributed by atoms with Gasteiger partial charge in [-0.2, -0.15) is 9.19 Å². The van der Waals surface area contributed by atoms with Crippen LogP contribution in [0.1, 0.15) is 36.0 Å². The Morgan fingerprint density at radius 3 is 2.41 bits per heavy atom. The Morgan fingerprint density at radius 2 is 1.72 bits per heavy atom. The molecule has 0 aliphatic carbocycles. The van der Waals surface area contributed by atoms with Gasteiger partial charge in [0, 0.05) is 46.2 Å². The van der Waals surface area contributed by atoms with Crippen molar-refractivity contribution in [1.29, 1.82) is 0 Å². The van der Waals surface area contributed by atoms with E-state index in [0.29, 0.717) is 19.0 Å². The fraction of sp³-hybridized carbons (Fsp3) is 0.441. The lowest BCUT2D eigenvalue weighted by Gasteiger charge is -2.42. The van der Waals surface area contributed by atoms with Gasteiger partial charge in [-0.25, -0.2) is 13.2 Å². The summed E-state index contributed by atoms with van der Waals surface area (Å²) < 4.78 is 52.2. The average molecular weight is 655 g/mol. The van der Waals surface area contributed by atoms with Crippen LogP contribution < -0.4 is 14.4 Å². The smallest absolute Gasteiger partial charge is 0.339 e. The van der Waals surface area contributed by atoms with Crippen LogP contribution in [0.3, 0.4) is 0 Å². The number of piperidine rings is 1. The van der Waals surface area contributed by atoms with Crippen molar-refractivity contribution in [3.05, 3.63) is 83.4 Å². The molecule has 12 heteroatoms. The van der Waals surface area contributed by atoms with Crippen molar-refractivity contribution < 1.29 is 41.9 Å². The van der Waals surface area contributed by atoms with E-state index in [1.807, 2.05) is 43.3 Å². The first-order valence-corrected chi connectivity index (χ1v) is 16.8. The molecular formula is C34H42N2O9S. The van der Waals surface area contributed by atoms with E-state index in [0.717, 1.165) is 47.6 Å². The Morgan fingerprint density at radius 1 is 0.978 bits per heavy atom. The molecule has 0 bridgehead atoms. The highest BCUT2D eigenvalue weighted by molar-refractivity contribution is 7.89. The number of sulfonamides is 1. The summed E-state index contributed by atoms with van der Waals surface area (Å²) in [4.78, 5) is 24.9. The number of aryl methyl sites for hydroxylation is 1. The van der Waals surface area contributed by atoms with Gasteiger partial charge in [0.05, 0.1) is 36.9 Å². The molecule has 0 amide bonds. The number of nitrogens with zero attached hydrogens (tertiary/aromatic N) is 2. The fourth-order valence-electron chi connectivity index (χ4n) is 5.87. The van der Waals surface area contributed by atoms with Gasteiger partial charge in [0.15, 0.2) is 0 Å². The van der Waals surface area contributed by atoms with Gasteiger partial charge in [0.1, 0.15) is 24.2 Å². The Labute approximate surface area is 270 Å². The minimum absolute atomic E-state index is 0.0489. The van der Waals surface area contributed by atoms with E-state index >= 15 is 0 Å². The van der Waals surface area contributed by atoms with E-state index in [-0.39, 0.29) is 24.6 Å². The highest BCUT2D eigenvalue weighted by Crippen LogP contribution is 2.37. The summed E-state index contributed by atoms with van der Waals surface area (Å²) >= 11 is 0. The van der Waals surface area contributed by atoms with Gasteiger partial charge in [-0.3, -0.25) is 4.89 Å². The number of hydrogen-bond acceptors (Lipinski definition) is 10. The molecular weight excluding hydrogens is 612 g/mol. The Hall–Kier alpha value is -3.68. The summed E-state index contributed by atoms with van der Waals surface area (Å²) in [5, 5.41) is 0. The quantitative estimate of drug-likeness (QED) is 0.149. The molecule has 0 N–H and O–H groups in total. The minimum Gasteiger partial charge on any atom is -0.497 e. The van der Waals surface area contributed by atoms with Crippen LogP contribution in [0.2, 0.25) is 0 Å². The first-order valence-electron chi connectivity index (χ1n) is 15.4. The zero-order valence-electron chi connectivity index (χ0n) is 26.7. The molecule has 1 saturated heterocycles. The minimum atomic E-state index is -3.93. The zero-order chi connectivity index (χ0) is 32.7. The summed E-state index contributed by atoms with van der Waals surface area (Å²) in [5.74, 6) is 0.368. The van der Waals surface area contributed by atoms with E-state index < -0.39 is 34.1 Å². The topological polar surface area (TPSA) is 113 Å². The number of hydrogen-bond donors (Lipinski definition) is 0. The van der Waals surface area contributed by atoms with Gasteiger partial charge in [0.2, 0.25) is 10.0 Å². The second kappa shape index (κ2) is 15.3. The third-order valence-electron chi connectivity index (χ3n) is 8.24. The molecule has 3 aromatic carbocycles. The predicted molar refractivity (Wildman–Crippen MR) is 172 cm³/mol. The molecule has 3 atom stereocenters. The van der Waals surface area contributed by atoms with Crippen molar-refractivity contribution >= 4 is 21.7 Å². The van der Waals surface area contributed by atoms with Crippen LogP contribution in [0.5, 0.6) is 11.5 Å². The number of benzene rings is 3. The molecule has 2 aliphatic rings. The first kappa shape index (κ1) is 33.7. The van der Waals surface area contributed by atoms with E-state index in [2.05, 4.69) is 11.0 Å². The van der Waals surface area contributed by atoms with E-state index in [4.69, 9.17) is 28.7 Å². The molecule has 0 radical (unpaired) electrons. The molecule has 1 fully saturated rings. The van der Waals surface area contributed by atoms with Gasteiger partial charge < -0.3 is 23.8 Å². The average Bonchev–Trinajstić information content (AvgIpc) is 3.06. The number of methoxy groups -OCH3 is 2. The van der Waals surface area contributed by atoms with Gasteiger partial charge in [-0.1, -0.05) is 35.9 Å². The van der Waals surface area contributed by atoms with Crippen LogP contribution in [-0.2, 0) is 40.7 Å². The Bertz CT molecular complexity index is 1560. The van der Waals surface area contributed by atoms with Crippen molar-refractivity contribution in [3.8, 4) is 11.5 Å². The van der Waals surface area contributed by atoms with Crippen LogP contribution in [-0.4, -0.2) is 84.5 Å². The monoisotopic (exact) mass is 654 g/mol. The second-order valence-corrected chi connectivity index (χ2v) is 13.4. The number of anilines is 1. The Kier molecular flexibility index (Phi) is 11.2. The van der Waals surface area contributed by atoms with Crippen LogP contribution in [0.15, 0.2) is 71.6 Å². The molecule has 5 rings (SSSR count). The van der Waals surface area contributed by atoms with Gasteiger partial charge in [0.25, 0.3) is 0 Å². The third-order valence-corrected chi connectivity index (χ3v) is 10.1. The van der Waals surface area contributed by atoms with Crippen molar-refractivity contribution in [3.63, 3.8) is 0 Å². The number of ether oxygens (including phenoxy) is 4. The van der Waals surface area contributed by atoms with Crippen LogP contribution in [0.4, 0.5) is 5.69 Å². The van der Waals surface area contributed by atoms with E-state index in [1.54, 1.807) is 38.5 Å². The maximum absolute atomic E-state index is 13.9. The number of carbonyl (C=O) groups excluding carboxylic acids is 1. The largest absolute Gasteiger partial charge is 0.497 e. The van der Waals surface area contributed by atoms with Crippen LogP contribution in [0.25, 0.3) is 0 Å². The first-order chi connectivity index (χ1) is 22.2. The molecule has 0 spiro atoms. The normalized spacial score (nSPS) is 20.1. The van der Waals surface area contributed by atoms with Gasteiger partial charge in [-0.15, -0.1) is 0 Å². The molecule has 3 unspecified atom stereocenters. The fourth-order valence-corrected chi connectivity index (χ4v) is 7.34. The summed E-state index contributed by atoms with van der Waals surface area (Å²) in [6.07, 6.45) is -0.630. The standard InChI is InChI=1S/C34H42N2O9S/c1-24-6-13-29(14-7-24)46(38,39)36-21-32(34(33(22-36)45-44-25(2)37)27-9-11-28(41-4)12-10-27)43-23-26-8-15-31-30(20-26)35(17-19-42-31)16-5-18-40-3/h6-15,20,32-34H,5,16-19,21-23H2,1-4H3. The van der Waals surface area contributed by atoms with Crippen LogP contribution in [0, 0.1) is 6.92 Å². The number of rotatable bonds is 13. The van der Waals surface area contributed by atoms with Crippen molar-refractivity contribution in [2.75, 3.05) is 58.5 Å². The predicted octanol–water partition coefficient (Wildman–Crippen LogP) is 4.48. The molecule has 46 heavy (non-hydrogen) atoms. The summed E-state index contributed by atoms with van der Waals surface area (Å²) in [7, 11) is -0.649. The Balaban J connectivity index is 1.46. The molecule has 11 nitrogen and oxygen atoms in total. The summed E-state index contributed by atoms with van der Waals surface area (Å²) in [6, 6.07) is 20.1. The van der Waals surface area contributed by atoms with Crippen molar-refractivity contribution in [2.45, 2.75) is 49.9 Å². The SMILES string of the molecule is COCCCN1CCOc2ccc(COC3CN(S(=O)(=O)c4ccc(C)cc4)CC(OOC(C)=O)C3c3ccc(OC)cc3)cc21. The molecule has 248 valence electrons. The second-order valence-electron chi connectivity index (χ2n) is 11.5. The van der Waals surface area contributed by atoms with Gasteiger partial charge in [-0.05, 0) is 60.9 Å². The van der Waals surface area contributed by atoms with Crippen LogP contribution >= 0.6 is 0 Å². The molecule has 2 heterocycles. The third kappa shape index (κ3) is 7.99. The highest BCUT2D eigenvalue weighted by atomic mass is 32.2. The molecule has 3 aromatic rings. The number of carbonyl (C=O) groups is 1.